The van der Waals surface area contributed by atoms with Gasteiger partial charge >= 0.3 is 17.9 Å². The number of benzene rings is 1. The van der Waals surface area contributed by atoms with Crippen molar-refractivity contribution in [3.8, 4) is 0 Å². The van der Waals surface area contributed by atoms with E-state index in [2.05, 4.69) is 110 Å². The molecule has 3 atom stereocenters. The molecule has 6 N–H and O–H groups in total. The molecule has 1 aliphatic rings. The Morgan fingerprint density at radius 2 is 1.21 bits per heavy atom. The van der Waals surface area contributed by atoms with E-state index >= 15 is 0 Å². The van der Waals surface area contributed by atoms with E-state index in [1.54, 1.807) is 27.7 Å². The van der Waals surface area contributed by atoms with Crippen LogP contribution in [0.2, 0.25) is 0 Å². The van der Waals surface area contributed by atoms with Gasteiger partial charge in [0.1, 0.15) is 18.7 Å². The van der Waals surface area contributed by atoms with Crippen LogP contribution >= 0.6 is 76.3 Å². The molecule has 0 saturated carbocycles. The maximum Gasteiger partial charge on any atom is 0.326 e. The number of nitrogens with one attached hydrogen (secondary N) is 2. The Bertz CT molecular complexity index is 2810. The first kappa shape index (κ1) is 108. The summed E-state index contributed by atoms with van der Waals surface area (Å²) in [7, 11) is -7.01. The Hall–Kier alpha value is -1.13. The minimum absolute atomic E-state index is 0.0196. The van der Waals surface area contributed by atoms with Gasteiger partial charge in [0.15, 0.2) is 17.7 Å². The second-order valence-electron chi connectivity index (χ2n) is 28.4. The minimum atomic E-state index is -3.31. The molecule has 0 spiro atoms. The summed E-state index contributed by atoms with van der Waals surface area (Å²) in [4.78, 5) is 45.4. The Morgan fingerprint density at radius 3 is 1.54 bits per heavy atom. The number of carbonyl (C=O) groups is 4. The number of rotatable bonds is 30. The molecule has 580 valence electrons. The summed E-state index contributed by atoms with van der Waals surface area (Å²) in [6.45, 7) is 48.4. The van der Waals surface area contributed by atoms with E-state index in [-0.39, 0.29) is 58.7 Å². The zero-order chi connectivity index (χ0) is 78.5. The lowest BCUT2D eigenvalue weighted by atomic mass is 9.87. The first-order chi connectivity index (χ1) is 44.1. The summed E-state index contributed by atoms with van der Waals surface area (Å²) < 4.78 is 86.8. The Kier molecular flexibility index (Phi) is 60.9. The number of thiol groups is 1. The third-order valence-corrected chi connectivity index (χ3v) is 23.8. The number of hydrogen-bond donors (Lipinski definition) is 6. The van der Waals surface area contributed by atoms with Gasteiger partial charge in [-0.25, -0.2) is 21.6 Å². The van der Waals surface area contributed by atoms with Gasteiger partial charge in [0, 0.05) is 71.7 Å². The summed E-state index contributed by atoms with van der Waals surface area (Å²) in [5, 5.41) is 22.1. The maximum atomic E-state index is 11.2. The number of carboxylic acid groups (broad SMARTS) is 2. The van der Waals surface area contributed by atoms with Crippen LogP contribution in [0.5, 0.6) is 0 Å². The molecule has 1 fully saturated rings. The highest BCUT2D eigenvalue weighted by atomic mass is 33.1. The summed E-state index contributed by atoms with van der Waals surface area (Å²) in [6, 6.07) is 7.59. The summed E-state index contributed by atoms with van der Waals surface area (Å²) in [5.41, 5.74) is 6.50. The van der Waals surface area contributed by atoms with Crippen molar-refractivity contribution >= 4 is 172 Å². The van der Waals surface area contributed by atoms with Crippen molar-refractivity contribution in [1.82, 2.24) is 15.3 Å². The zero-order valence-electron chi connectivity index (χ0n) is 63.6. The highest BCUT2D eigenvalue weighted by Crippen LogP contribution is 2.48. The van der Waals surface area contributed by atoms with E-state index in [0.717, 1.165) is 52.4 Å². The average Bonchev–Trinajstić information content (AvgIpc) is 0.801. The van der Waals surface area contributed by atoms with Crippen molar-refractivity contribution in [2.24, 2.45) is 22.5 Å². The third-order valence-electron chi connectivity index (χ3n) is 11.5. The van der Waals surface area contributed by atoms with E-state index in [4.69, 9.17) is 78.6 Å². The van der Waals surface area contributed by atoms with E-state index in [0.29, 0.717) is 72.1 Å². The van der Waals surface area contributed by atoms with Crippen molar-refractivity contribution in [3.63, 3.8) is 0 Å². The lowest BCUT2D eigenvalue weighted by Crippen LogP contribution is -2.41. The lowest BCUT2D eigenvalue weighted by molar-refractivity contribution is -0.151. The van der Waals surface area contributed by atoms with E-state index in [9.17, 15) is 44.4 Å². The van der Waals surface area contributed by atoms with E-state index in [1.165, 1.54) is 42.6 Å². The van der Waals surface area contributed by atoms with Crippen LogP contribution in [0.15, 0.2) is 24.3 Å². The molecule has 1 aromatic rings. The molecule has 1 amide bonds. The standard InChI is InChI=1S/C15H24NPS2.C9H17NO3.C8H16N2O2S.C8H18O3S2.C8H14O2S.C7H16O2S2.C6H12OS.C5H12O3S2/c1-15(2,3)13-7-9-14(10-8-13)17(18,19)16-11-5-4-6-12-16;1-4-7(9(12)13)10-8(11)5-6(2)3;1-5(2)10-6(8(11)12)3-4-7(9)13;1-8(2,3)11-6-5-7-12-13(4,9)10;1-6(11)5-10-7(9)8(2,3)4;1-7(2,3)5-6-10-11(4,8)9;1-5(2)7-4-6(3)8;1-5(2)8-10(6,7)4-3-9/h7-10H,4-6,11-12H2,1-3H3,(H,18,19);6-7H,4-5H2,1-3H3,(H,10,11)(H,12,13);5-6,10H,3-4H2,1-2H3,(H2,9,13)(H,11,12);5-7H2,1-4H3;5H2,1-4H3;5-6H2,1-4H3;5H,4H2,1-3H3;5,9H,3-4H2,1-2H3/p-1. The van der Waals surface area contributed by atoms with Crippen LogP contribution in [0.25, 0.3) is 0 Å². The first-order valence-electron chi connectivity index (χ1n) is 32.7. The van der Waals surface area contributed by atoms with Crippen LogP contribution < -0.4 is 21.7 Å². The minimum Gasteiger partial charge on any atom is -0.727 e. The molecule has 1 aromatic carbocycles. The van der Waals surface area contributed by atoms with Gasteiger partial charge in [-0.1, -0.05) is 149 Å². The molecule has 20 nitrogen and oxygen atoms in total. The number of aliphatic carboxylic acids is 2. The molecule has 3 unspecified atom stereocenters. The number of carboxylic acids is 2. The van der Waals surface area contributed by atoms with Gasteiger partial charge in [-0.15, -0.1) is 11.8 Å². The van der Waals surface area contributed by atoms with Crippen LogP contribution in [0, 0.1) is 16.7 Å². The first-order valence-corrected chi connectivity index (χ1v) is 46.7. The molecule has 1 saturated heterocycles. The molecule has 1 heterocycles. The molecule has 1 aliphatic heterocycles. The number of hydrogen-bond acceptors (Lipinski definition) is 23. The topological polar surface area (TPSA) is 301 Å². The monoisotopic (exact) mass is 1620 g/mol. The normalized spacial score (nSPS) is 14.0. The second kappa shape index (κ2) is 55.3. The SMILES string of the molecule is CC(=S)COC(=O)C(C)(C)C.CC(=S)COC(C)C.CC(C)(C)CCSS(C)(=O)=O.CC(C)(C)OCCCSS(C)(=O)=O.CC(C)(C)c1ccc(P(=S)([S-])N2CCCCC2)cc1.CC(C)NC(CCC(N)=S)C(=O)O.CC(C)OS(=O)(=O)CCS.CCC(NC(=O)CC(C)C)C(=O)O. The van der Waals surface area contributed by atoms with Crippen molar-refractivity contribution in [2.75, 3.05) is 68.4 Å². The number of nitrogens with two attached hydrogens (primary N) is 1. The number of esters is 1. The van der Waals surface area contributed by atoms with Crippen LogP contribution in [-0.2, 0) is 94.9 Å². The van der Waals surface area contributed by atoms with Gasteiger partial charge in [0.25, 0.3) is 10.1 Å². The van der Waals surface area contributed by atoms with E-state index < -0.39 is 62.7 Å². The van der Waals surface area contributed by atoms with Crippen LogP contribution in [0.1, 0.15) is 223 Å². The smallest absolute Gasteiger partial charge is 0.326 e. The second-order valence-corrected chi connectivity index (χ2v) is 47.6. The molecule has 0 aromatic heterocycles. The Morgan fingerprint density at radius 1 is 0.745 bits per heavy atom. The Balaban J connectivity index is -0.000000250. The van der Waals surface area contributed by atoms with Crippen molar-refractivity contribution < 1.29 is 73.0 Å². The van der Waals surface area contributed by atoms with Crippen molar-refractivity contribution in [1.29, 1.82) is 0 Å². The zero-order valence-corrected chi connectivity index (χ0v) is 73.6. The summed E-state index contributed by atoms with van der Waals surface area (Å²) in [5.74, 6) is -0.387. The van der Waals surface area contributed by atoms with Crippen LogP contribution in [0.4, 0.5) is 0 Å². The van der Waals surface area contributed by atoms with Gasteiger partial charge in [-0.2, -0.15) is 21.0 Å². The van der Waals surface area contributed by atoms with Gasteiger partial charge in [0.2, 0.25) is 5.91 Å². The number of piperidine rings is 1. The lowest BCUT2D eigenvalue weighted by Gasteiger charge is -2.43. The predicted molar refractivity (Wildman–Crippen MR) is 438 cm³/mol. The van der Waals surface area contributed by atoms with Gasteiger partial charge in [-0.05, 0) is 177 Å². The highest BCUT2D eigenvalue weighted by molar-refractivity contribution is 8.72. The van der Waals surface area contributed by atoms with Gasteiger partial charge in [-0.3, -0.25) is 23.2 Å². The molecular formula is C66H128N4O16PS11-. The number of carbonyl (C=O) groups excluding carboxylic acids is 2. The van der Waals surface area contributed by atoms with Crippen molar-refractivity contribution in [3.05, 3.63) is 29.8 Å². The summed E-state index contributed by atoms with van der Waals surface area (Å²) >= 11 is 29.6. The number of ether oxygens (including phenoxy) is 3. The highest BCUT2D eigenvalue weighted by Gasteiger charge is 2.24. The fourth-order valence-corrected chi connectivity index (χ4v) is 15.8. The number of amides is 1. The predicted octanol–water partition coefficient (Wildman–Crippen LogP) is 13.9. The number of nitrogens with zero attached hydrogens (tertiary/aromatic N) is 1. The largest absolute Gasteiger partial charge is 0.727 e. The molecule has 32 heteroatoms. The van der Waals surface area contributed by atoms with Gasteiger partial charge < -0.3 is 53.0 Å². The molecule has 2 rings (SSSR count). The fourth-order valence-electron chi connectivity index (χ4n) is 6.65. The maximum absolute atomic E-state index is 11.2. The average molecular weight is 1620 g/mol. The molecule has 98 heavy (non-hydrogen) atoms. The van der Waals surface area contributed by atoms with Crippen LogP contribution in [-0.4, -0.2) is 183 Å². The summed E-state index contributed by atoms with van der Waals surface area (Å²) in [6.07, 6.45) is 9.73. The molecule has 0 bridgehead atoms. The fraction of sp³-hybridized carbons (Fsp3) is 0.803. The molecule has 0 aliphatic carbocycles. The van der Waals surface area contributed by atoms with Crippen molar-refractivity contribution in [2.45, 2.75) is 258 Å². The Labute approximate surface area is 634 Å². The molecular weight excluding hydrogens is 1490 g/mol. The quantitative estimate of drug-likeness (QED) is 0.00609. The van der Waals surface area contributed by atoms with Gasteiger partial charge in [0.05, 0.1) is 40.6 Å². The van der Waals surface area contributed by atoms with Crippen LogP contribution in [0.3, 0.4) is 0 Å². The van der Waals surface area contributed by atoms with E-state index in [1.807, 2.05) is 90.0 Å². The number of thiocarbonyl (C=S) groups is 3. The third kappa shape index (κ3) is 76.0. The molecule has 0 radical (unpaired) electrons.